The van der Waals surface area contributed by atoms with Crippen LogP contribution in [-0.2, 0) is 13.1 Å². The Morgan fingerprint density at radius 3 is 2.59 bits per heavy atom. The van der Waals surface area contributed by atoms with Crippen LogP contribution in [0.3, 0.4) is 0 Å². The SMILES string of the molecule is CC(N(C)CCn1cc(CN)nn1)C(C)(C)C. The first-order chi connectivity index (χ1) is 7.84. The van der Waals surface area contributed by atoms with Gasteiger partial charge in [-0.05, 0) is 19.4 Å². The molecular formula is C12H25N5. The first kappa shape index (κ1) is 14.1. The second-order valence-corrected chi connectivity index (χ2v) is 5.70. The third kappa shape index (κ3) is 4.09. The van der Waals surface area contributed by atoms with Gasteiger partial charge < -0.3 is 10.6 Å². The summed E-state index contributed by atoms with van der Waals surface area (Å²) in [7, 11) is 2.15. The standard InChI is InChI=1S/C12H25N5/c1-10(12(2,3)4)16(5)6-7-17-9-11(8-13)14-15-17/h9-10H,6-8,13H2,1-5H3. The molecule has 1 rings (SSSR count). The van der Waals surface area contributed by atoms with Crippen LogP contribution in [-0.4, -0.2) is 39.5 Å². The molecule has 0 saturated carbocycles. The Balaban J connectivity index is 2.45. The van der Waals surface area contributed by atoms with Crippen LogP contribution in [0.15, 0.2) is 6.20 Å². The van der Waals surface area contributed by atoms with E-state index in [9.17, 15) is 0 Å². The molecule has 98 valence electrons. The van der Waals surface area contributed by atoms with Crippen molar-refractivity contribution in [2.75, 3.05) is 13.6 Å². The summed E-state index contributed by atoms with van der Waals surface area (Å²) in [5.74, 6) is 0. The fraction of sp³-hybridized carbons (Fsp3) is 0.833. The van der Waals surface area contributed by atoms with Gasteiger partial charge in [0.1, 0.15) is 0 Å². The van der Waals surface area contributed by atoms with Crippen LogP contribution < -0.4 is 5.73 Å². The van der Waals surface area contributed by atoms with Crippen molar-refractivity contribution in [1.29, 1.82) is 0 Å². The second-order valence-electron chi connectivity index (χ2n) is 5.70. The smallest absolute Gasteiger partial charge is 0.0962 e. The van der Waals surface area contributed by atoms with Gasteiger partial charge in [-0.2, -0.15) is 0 Å². The second kappa shape index (κ2) is 5.60. The highest BCUT2D eigenvalue weighted by atomic mass is 15.4. The number of likely N-dealkylation sites (N-methyl/N-ethyl adjacent to an activating group) is 1. The molecule has 0 aromatic carbocycles. The van der Waals surface area contributed by atoms with Gasteiger partial charge in [-0.3, -0.25) is 4.68 Å². The molecule has 1 unspecified atom stereocenters. The number of hydrogen-bond donors (Lipinski definition) is 1. The predicted octanol–water partition coefficient (Wildman–Crippen LogP) is 1.10. The zero-order chi connectivity index (χ0) is 13.1. The third-order valence-corrected chi connectivity index (χ3v) is 3.39. The number of nitrogens with zero attached hydrogens (tertiary/aromatic N) is 4. The van der Waals surface area contributed by atoms with Gasteiger partial charge >= 0.3 is 0 Å². The lowest BCUT2D eigenvalue weighted by Gasteiger charge is -2.35. The molecule has 0 aliphatic carbocycles. The van der Waals surface area contributed by atoms with Crippen molar-refractivity contribution < 1.29 is 0 Å². The highest BCUT2D eigenvalue weighted by molar-refractivity contribution is 4.90. The van der Waals surface area contributed by atoms with Gasteiger partial charge in [-0.1, -0.05) is 26.0 Å². The molecule has 17 heavy (non-hydrogen) atoms. The molecule has 0 aliphatic heterocycles. The fourth-order valence-corrected chi connectivity index (χ4v) is 1.66. The van der Waals surface area contributed by atoms with E-state index in [0.717, 1.165) is 18.8 Å². The van der Waals surface area contributed by atoms with Gasteiger partial charge in [0.15, 0.2) is 0 Å². The number of nitrogens with two attached hydrogens (primary N) is 1. The Morgan fingerprint density at radius 1 is 1.47 bits per heavy atom. The van der Waals surface area contributed by atoms with Crippen LogP contribution in [0.2, 0.25) is 0 Å². The van der Waals surface area contributed by atoms with E-state index in [-0.39, 0.29) is 0 Å². The molecule has 1 aromatic rings. The quantitative estimate of drug-likeness (QED) is 0.836. The van der Waals surface area contributed by atoms with E-state index in [0.29, 0.717) is 18.0 Å². The molecule has 1 atom stereocenters. The van der Waals surface area contributed by atoms with E-state index in [1.807, 2.05) is 10.9 Å². The van der Waals surface area contributed by atoms with Gasteiger partial charge in [0.2, 0.25) is 0 Å². The van der Waals surface area contributed by atoms with Gasteiger partial charge in [-0.25, -0.2) is 0 Å². The van der Waals surface area contributed by atoms with Crippen molar-refractivity contribution in [1.82, 2.24) is 19.9 Å². The summed E-state index contributed by atoms with van der Waals surface area (Å²) in [6.07, 6.45) is 1.91. The van der Waals surface area contributed by atoms with Crippen molar-refractivity contribution >= 4 is 0 Å². The summed E-state index contributed by atoms with van der Waals surface area (Å²) in [4.78, 5) is 2.35. The summed E-state index contributed by atoms with van der Waals surface area (Å²) in [5, 5.41) is 8.02. The lowest BCUT2D eigenvalue weighted by atomic mass is 9.87. The highest BCUT2D eigenvalue weighted by Crippen LogP contribution is 2.22. The van der Waals surface area contributed by atoms with E-state index in [1.54, 1.807) is 0 Å². The predicted molar refractivity (Wildman–Crippen MR) is 69.5 cm³/mol. The molecule has 1 heterocycles. The van der Waals surface area contributed by atoms with Gasteiger partial charge in [0.25, 0.3) is 0 Å². The van der Waals surface area contributed by atoms with Crippen molar-refractivity contribution in [3.8, 4) is 0 Å². The normalized spacial score (nSPS) is 14.3. The largest absolute Gasteiger partial charge is 0.325 e. The van der Waals surface area contributed by atoms with Crippen LogP contribution in [0.1, 0.15) is 33.4 Å². The summed E-state index contributed by atoms with van der Waals surface area (Å²) >= 11 is 0. The van der Waals surface area contributed by atoms with E-state index < -0.39 is 0 Å². The zero-order valence-corrected chi connectivity index (χ0v) is 11.6. The summed E-state index contributed by atoms with van der Waals surface area (Å²) in [5.41, 5.74) is 6.63. The Labute approximate surface area is 104 Å². The van der Waals surface area contributed by atoms with E-state index in [1.165, 1.54) is 0 Å². The van der Waals surface area contributed by atoms with Crippen LogP contribution in [0, 0.1) is 5.41 Å². The summed E-state index contributed by atoms with van der Waals surface area (Å²) in [6, 6.07) is 0.528. The minimum absolute atomic E-state index is 0.291. The minimum Gasteiger partial charge on any atom is -0.325 e. The third-order valence-electron chi connectivity index (χ3n) is 3.39. The zero-order valence-electron chi connectivity index (χ0n) is 11.6. The molecular weight excluding hydrogens is 214 g/mol. The number of rotatable bonds is 5. The number of hydrogen-bond acceptors (Lipinski definition) is 4. The monoisotopic (exact) mass is 239 g/mol. The fourth-order valence-electron chi connectivity index (χ4n) is 1.66. The van der Waals surface area contributed by atoms with E-state index in [2.05, 4.69) is 50.0 Å². The van der Waals surface area contributed by atoms with Crippen molar-refractivity contribution in [2.45, 2.75) is 46.8 Å². The lowest BCUT2D eigenvalue weighted by molar-refractivity contribution is 0.135. The van der Waals surface area contributed by atoms with Gasteiger partial charge in [0, 0.05) is 25.3 Å². The van der Waals surface area contributed by atoms with Gasteiger partial charge in [-0.15, -0.1) is 5.10 Å². The Hall–Kier alpha value is -0.940. The highest BCUT2D eigenvalue weighted by Gasteiger charge is 2.23. The van der Waals surface area contributed by atoms with Crippen molar-refractivity contribution in [3.05, 3.63) is 11.9 Å². The molecule has 1 aromatic heterocycles. The first-order valence-corrected chi connectivity index (χ1v) is 6.14. The molecule has 5 heteroatoms. The molecule has 0 bridgehead atoms. The Morgan fingerprint density at radius 2 is 2.12 bits per heavy atom. The maximum Gasteiger partial charge on any atom is 0.0962 e. The summed E-state index contributed by atoms with van der Waals surface area (Å²) < 4.78 is 1.86. The molecule has 0 fully saturated rings. The molecule has 0 saturated heterocycles. The molecule has 5 nitrogen and oxygen atoms in total. The summed E-state index contributed by atoms with van der Waals surface area (Å²) in [6.45, 7) is 11.3. The molecule has 2 N–H and O–H groups in total. The lowest BCUT2D eigenvalue weighted by Crippen LogP contribution is -2.40. The average Bonchev–Trinajstić information content (AvgIpc) is 2.71. The molecule has 0 radical (unpaired) electrons. The van der Waals surface area contributed by atoms with E-state index in [4.69, 9.17) is 5.73 Å². The maximum atomic E-state index is 5.50. The number of aromatic nitrogens is 3. The topological polar surface area (TPSA) is 60.0 Å². The Kier molecular flexibility index (Phi) is 4.65. The van der Waals surface area contributed by atoms with Crippen LogP contribution in [0.5, 0.6) is 0 Å². The van der Waals surface area contributed by atoms with E-state index >= 15 is 0 Å². The first-order valence-electron chi connectivity index (χ1n) is 6.14. The molecule has 0 amide bonds. The molecule has 0 spiro atoms. The Bertz CT molecular complexity index is 339. The van der Waals surface area contributed by atoms with Crippen LogP contribution in [0.4, 0.5) is 0 Å². The maximum absolute atomic E-state index is 5.50. The van der Waals surface area contributed by atoms with Crippen LogP contribution in [0.25, 0.3) is 0 Å². The average molecular weight is 239 g/mol. The minimum atomic E-state index is 0.291. The van der Waals surface area contributed by atoms with Gasteiger partial charge in [0.05, 0.1) is 12.2 Å². The van der Waals surface area contributed by atoms with Crippen molar-refractivity contribution in [2.24, 2.45) is 11.1 Å². The van der Waals surface area contributed by atoms with Crippen LogP contribution >= 0.6 is 0 Å². The molecule has 0 aliphatic rings. The van der Waals surface area contributed by atoms with Crippen molar-refractivity contribution in [3.63, 3.8) is 0 Å².